The zero-order valence-electron chi connectivity index (χ0n) is 38.5. The number of hydrogen-bond acceptors (Lipinski definition) is 6. The van der Waals surface area contributed by atoms with Crippen molar-refractivity contribution in [3.05, 3.63) is 82.9 Å². The zero-order chi connectivity index (χ0) is 43.6. The van der Waals surface area contributed by atoms with Crippen molar-refractivity contribution >= 4 is 79.5 Å². The molecule has 61 heavy (non-hydrogen) atoms. The average molecular weight is 903 g/mol. The minimum Gasteiger partial charge on any atom is -0.744 e. The SMILES string of the molecule is CCCCCCCCc1cc(S(=O)(=O)[O-])cc2c(CCCCCCCC)cccc12.CCCCCCCCc1cc(S(=O)(=O)[O-])cc2c(CCCCCCCC)cccc12.[Ca+2]. The first kappa shape index (κ1) is 55.6. The van der Waals surface area contributed by atoms with Crippen LogP contribution in [-0.4, -0.2) is 63.7 Å². The molecule has 6 nitrogen and oxygen atoms in total. The maximum absolute atomic E-state index is 11.8. The Kier molecular flexibility index (Phi) is 28.6. The summed E-state index contributed by atoms with van der Waals surface area (Å²) in [6.07, 6.45) is 32.6. The van der Waals surface area contributed by atoms with Crippen LogP contribution in [0.4, 0.5) is 0 Å². The molecule has 0 bridgehead atoms. The van der Waals surface area contributed by atoms with E-state index in [0.29, 0.717) is 0 Å². The predicted octanol–water partition coefficient (Wildman–Crippen LogP) is 14.7. The van der Waals surface area contributed by atoms with E-state index in [9.17, 15) is 25.9 Å². The summed E-state index contributed by atoms with van der Waals surface area (Å²) in [6.45, 7) is 8.87. The van der Waals surface area contributed by atoms with E-state index < -0.39 is 20.2 Å². The summed E-state index contributed by atoms with van der Waals surface area (Å²) < 4.78 is 70.8. The van der Waals surface area contributed by atoms with Crippen LogP contribution in [0.25, 0.3) is 21.5 Å². The van der Waals surface area contributed by atoms with Crippen molar-refractivity contribution in [2.75, 3.05) is 0 Å². The van der Waals surface area contributed by atoms with Gasteiger partial charge in [-0.25, -0.2) is 16.8 Å². The molecular weight excluding hydrogens is 825 g/mol. The van der Waals surface area contributed by atoms with Gasteiger partial charge in [0.1, 0.15) is 20.2 Å². The van der Waals surface area contributed by atoms with Gasteiger partial charge in [0.05, 0.1) is 9.79 Å². The maximum Gasteiger partial charge on any atom is 2.00 e. The first-order chi connectivity index (χ1) is 28.9. The van der Waals surface area contributed by atoms with Crippen LogP contribution in [0.3, 0.4) is 0 Å². The van der Waals surface area contributed by atoms with Gasteiger partial charge in [-0.15, -0.1) is 0 Å². The molecule has 336 valence electrons. The standard InChI is InChI=1S/2C26H40O3S.Ca/c2*1-3-5-7-9-11-13-16-22-18-15-19-25-23(17-14-12-10-8-6-4-2)20-24(21-26(22)25)30(27,28)29;/h2*15,18-21H,3-14,16-17H2,1-2H3,(H,27,28,29);/q;;+2/p-2. The van der Waals surface area contributed by atoms with E-state index in [1.165, 1.54) is 116 Å². The van der Waals surface area contributed by atoms with Crippen molar-refractivity contribution in [2.45, 2.75) is 217 Å². The van der Waals surface area contributed by atoms with Crippen LogP contribution in [0.5, 0.6) is 0 Å². The van der Waals surface area contributed by atoms with Gasteiger partial charge in [-0.3, -0.25) is 0 Å². The summed E-state index contributed by atoms with van der Waals surface area (Å²) in [5.41, 5.74) is 4.33. The number of unbranched alkanes of at least 4 members (excludes halogenated alkanes) is 20. The Bertz CT molecular complexity index is 1900. The van der Waals surface area contributed by atoms with Gasteiger partial charge in [0, 0.05) is 0 Å². The van der Waals surface area contributed by atoms with Gasteiger partial charge in [-0.2, -0.15) is 0 Å². The van der Waals surface area contributed by atoms with Crippen LogP contribution < -0.4 is 0 Å². The van der Waals surface area contributed by atoms with E-state index in [0.717, 1.165) is 108 Å². The van der Waals surface area contributed by atoms with E-state index in [1.54, 1.807) is 24.3 Å². The summed E-state index contributed by atoms with van der Waals surface area (Å²) in [5.74, 6) is 0. The minimum absolute atomic E-state index is 0. The zero-order valence-corrected chi connectivity index (χ0v) is 42.4. The Hall–Kier alpha value is -1.52. The van der Waals surface area contributed by atoms with E-state index in [1.807, 2.05) is 0 Å². The Morgan fingerprint density at radius 1 is 0.344 bits per heavy atom. The third kappa shape index (κ3) is 20.9. The molecule has 4 aromatic carbocycles. The second kappa shape index (κ2) is 31.4. The van der Waals surface area contributed by atoms with Gasteiger partial charge in [0.2, 0.25) is 0 Å². The Morgan fingerprint density at radius 2 is 0.607 bits per heavy atom. The molecule has 0 aliphatic heterocycles. The average Bonchev–Trinajstić information content (AvgIpc) is 3.22. The van der Waals surface area contributed by atoms with Crippen LogP contribution >= 0.6 is 0 Å². The molecule has 0 fully saturated rings. The van der Waals surface area contributed by atoms with E-state index >= 15 is 0 Å². The molecule has 0 heterocycles. The maximum atomic E-state index is 11.8. The molecule has 4 rings (SSSR count). The third-order valence-electron chi connectivity index (χ3n) is 12.1. The van der Waals surface area contributed by atoms with Gasteiger partial charge < -0.3 is 9.11 Å². The first-order valence-electron chi connectivity index (χ1n) is 23.9. The fourth-order valence-electron chi connectivity index (χ4n) is 8.52. The normalized spacial score (nSPS) is 11.8. The van der Waals surface area contributed by atoms with Crippen molar-refractivity contribution in [1.29, 1.82) is 0 Å². The summed E-state index contributed by atoms with van der Waals surface area (Å²) in [7, 11) is -8.92. The summed E-state index contributed by atoms with van der Waals surface area (Å²) in [4.78, 5) is -0.155. The number of hydrogen-bond donors (Lipinski definition) is 0. The molecule has 0 unspecified atom stereocenters. The molecular formula is C52H78CaO6S2. The molecule has 0 aromatic heterocycles. The summed E-state index contributed by atoms with van der Waals surface area (Å²) in [5, 5.41) is 4.12. The molecule has 0 N–H and O–H groups in total. The third-order valence-corrected chi connectivity index (χ3v) is 13.7. The first-order valence-corrected chi connectivity index (χ1v) is 26.8. The van der Waals surface area contributed by atoms with Gasteiger partial charge in [0.15, 0.2) is 0 Å². The smallest absolute Gasteiger partial charge is 0.744 e. The molecule has 0 spiro atoms. The fraction of sp³-hybridized carbons (Fsp3) is 0.615. The molecule has 0 atom stereocenters. The second-order valence-corrected chi connectivity index (χ2v) is 19.9. The van der Waals surface area contributed by atoms with Crippen molar-refractivity contribution in [3.63, 3.8) is 0 Å². The van der Waals surface area contributed by atoms with Crippen molar-refractivity contribution in [2.24, 2.45) is 0 Å². The quantitative estimate of drug-likeness (QED) is 0.0292. The molecule has 0 saturated heterocycles. The van der Waals surface area contributed by atoms with Crippen LogP contribution in [0.1, 0.15) is 204 Å². The van der Waals surface area contributed by atoms with Gasteiger partial charge in [-0.1, -0.05) is 193 Å². The van der Waals surface area contributed by atoms with Crippen molar-refractivity contribution in [3.8, 4) is 0 Å². The van der Waals surface area contributed by atoms with Crippen LogP contribution in [0.15, 0.2) is 70.5 Å². The number of aryl methyl sites for hydroxylation is 4. The molecule has 0 radical (unpaired) electrons. The summed E-state index contributed by atoms with van der Waals surface area (Å²) >= 11 is 0. The number of rotatable bonds is 30. The largest absolute Gasteiger partial charge is 2.00 e. The van der Waals surface area contributed by atoms with E-state index in [2.05, 4.69) is 64.1 Å². The van der Waals surface area contributed by atoms with Crippen LogP contribution in [-0.2, 0) is 45.9 Å². The van der Waals surface area contributed by atoms with E-state index in [4.69, 9.17) is 0 Å². The Morgan fingerprint density at radius 3 is 0.885 bits per heavy atom. The Balaban J connectivity index is 0.000000413. The molecule has 0 aliphatic carbocycles. The number of benzene rings is 4. The topological polar surface area (TPSA) is 114 Å². The monoisotopic (exact) mass is 902 g/mol. The molecule has 0 aliphatic rings. The molecule has 4 aromatic rings. The van der Waals surface area contributed by atoms with Crippen molar-refractivity contribution < 1.29 is 25.9 Å². The predicted molar refractivity (Wildman–Crippen MR) is 258 cm³/mol. The van der Waals surface area contributed by atoms with Crippen LogP contribution in [0, 0.1) is 0 Å². The van der Waals surface area contributed by atoms with Gasteiger partial charge >= 0.3 is 37.7 Å². The minimum atomic E-state index is -4.46. The molecule has 0 saturated carbocycles. The van der Waals surface area contributed by atoms with Crippen LogP contribution in [0.2, 0.25) is 0 Å². The second-order valence-electron chi connectivity index (χ2n) is 17.2. The number of fused-ring (bicyclic) bond motifs is 2. The molecule has 9 heteroatoms. The molecule has 0 amide bonds. The van der Waals surface area contributed by atoms with E-state index in [-0.39, 0.29) is 47.5 Å². The van der Waals surface area contributed by atoms with Gasteiger partial charge in [0.25, 0.3) is 0 Å². The summed E-state index contributed by atoms with van der Waals surface area (Å²) in [6, 6.07) is 18.9. The van der Waals surface area contributed by atoms with Gasteiger partial charge in [-0.05, 0) is 119 Å². The fourth-order valence-corrected chi connectivity index (χ4v) is 9.61. The van der Waals surface area contributed by atoms with Crippen molar-refractivity contribution in [1.82, 2.24) is 0 Å². The Labute approximate surface area is 402 Å².